The lowest BCUT2D eigenvalue weighted by Gasteiger charge is -2.28. The summed E-state index contributed by atoms with van der Waals surface area (Å²) in [4.78, 5) is 13.0. The van der Waals surface area contributed by atoms with E-state index in [1.165, 1.54) is 24.2 Å². The molecule has 2 aromatic rings. The number of rotatable bonds is 6. The zero-order chi connectivity index (χ0) is 20.6. The summed E-state index contributed by atoms with van der Waals surface area (Å²) < 4.78 is 28.6. The number of benzene rings is 1. The van der Waals surface area contributed by atoms with Crippen molar-refractivity contribution in [2.45, 2.75) is 61.1 Å². The first-order chi connectivity index (χ1) is 13.8. The third kappa shape index (κ3) is 4.54. The lowest BCUT2D eigenvalue weighted by atomic mass is 9.86. The van der Waals surface area contributed by atoms with Crippen molar-refractivity contribution in [2.24, 2.45) is 5.92 Å². The van der Waals surface area contributed by atoms with Gasteiger partial charge in [0.25, 0.3) is 10.0 Å². The second kappa shape index (κ2) is 8.04. The Kier molecular flexibility index (Phi) is 5.79. The molecule has 2 aliphatic rings. The zero-order valence-corrected chi connectivity index (χ0v) is 19.5. The minimum atomic E-state index is -3.61. The van der Waals surface area contributed by atoms with Crippen molar-refractivity contribution in [2.75, 3.05) is 4.72 Å². The number of sulfonamides is 1. The van der Waals surface area contributed by atoms with Gasteiger partial charge in [-0.15, -0.1) is 11.3 Å². The maximum atomic E-state index is 13.0. The molecule has 1 amide bonds. The molecule has 0 radical (unpaired) electrons. The second-order valence-corrected chi connectivity index (χ2v) is 12.6. The Hall–Kier alpha value is -1.38. The molecule has 8 heteroatoms. The Morgan fingerprint density at radius 1 is 1.07 bits per heavy atom. The van der Waals surface area contributed by atoms with E-state index in [4.69, 9.17) is 0 Å². The molecule has 0 aliphatic heterocycles. The average molecular weight is 497 g/mol. The van der Waals surface area contributed by atoms with E-state index in [-0.39, 0.29) is 16.2 Å². The standard InChI is InChI=1S/C21H25BrN2O3S2/c1-14-2-6-16(7-3-14)23-20(25)21(12-13-21)15-4-8-17(9-5-15)24-29(26,27)19-11-10-18(22)28-19/h4-5,8-11,14,16,24H,2-3,6-7,12-13H2,1H3,(H,23,25). The fourth-order valence-electron chi connectivity index (χ4n) is 4.00. The molecule has 2 aliphatic carbocycles. The van der Waals surface area contributed by atoms with Crippen LogP contribution < -0.4 is 10.0 Å². The van der Waals surface area contributed by atoms with Crippen molar-refractivity contribution >= 4 is 48.9 Å². The lowest BCUT2D eigenvalue weighted by molar-refractivity contribution is -0.124. The molecule has 2 saturated carbocycles. The van der Waals surface area contributed by atoms with Gasteiger partial charge in [-0.05, 0) is 90.2 Å². The van der Waals surface area contributed by atoms with Gasteiger partial charge in [0.2, 0.25) is 5.91 Å². The predicted molar refractivity (Wildman–Crippen MR) is 120 cm³/mol. The first-order valence-electron chi connectivity index (χ1n) is 9.98. The summed E-state index contributed by atoms with van der Waals surface area (Å²) in [7, 11) is -3.61. The molecule has 0 atom stereocenters. The zero-order valence-electron chi connectivity index (χ0n) is 16.3. The van der Waals surface area contributed by atoms with E-state index in [0.29, 0.717) is 5.69 Å². The third-order valence-electron chi connectivity index (χ3n) is 6.04. The van der Waals surface area contributed by atoms with Crippen molar-refractivity contribution in [1.82, 2.24) is 5.32 Å². The Balaban J connectivity index is 1.42. The molecule has 0 bridgehead atoms. The first-order valence-corrected chi connectivity index (χ1v) is 13.1. The highest BCUT2D eigenvalue weighted by Gasteiger charge is 2.51. The van der Waals surface area contributed by atoms with Crippen LogP contribution in [0.25, 0.3) is 0 Å². The van der Waals surface area contributed by atoms with Crippen LogP contribution in [0.4, 0.5) is 5.69 Å². The van der Waals surface area contributed by atoms with Gasteiger partial charge in [0, 0.05) is 11.7 Å². The van der Waals surface area contributed by atoms with Crippen LogP contribution in [0, 0.1) is 5.92 Å². The highest BCUT2D eigenvalue weighted by atomic mass is 79.9. The van der Waals surface area contributed by atoms with E-state index in [1.807, 2.05) is 12.1 Å². The van der Waals surface area contributed by atoms with Crippen LogP contribution in [0.15, 0.2) is 44.4 Å². The Morgan fingerprint density at radius 2 is 1.72 bits per heavy atom. The second-order valence-electron chi connectivity index (χ2n) is 8.25. The smallest absolute Gasteiger partial charge is 0.271 e. The lowest BCUT2D eigenvalue weighted by Crippen LogP contribution is -2.43. The highest BCUT2D eigenvalue weighted by molar-refractivity contribution is 9.11. The predicted octanol–water partition coefficient (Wildman–Crippen LogP) is 5.04. The van der Waals surface area contributed by atoms with E-state index >= 15 is 0 Å². The summed E-state index contributed by atoms with van der Waals surface area (Å²) in [6, 6.07) is 10.8. The number of anilines is 1. The van der Waals surface area contributed by atoms with Crippen LogP contribution in [0.2, 0.25) is 0 Å². The monoisotopic (exact) mass is 496 g/mol. The molecule has 29 heavy (non-hydrogen) atoms. The number of nitrogens with one attached hydrogen (secondary N) is 2. The molecule has 1 heterocycles. The van der Waals surface area contributed by atoms with Gasteiger partial charge in [-0.1, -0.05) is 19.1 Å². The summed E-state index contributed by atoms with van der Waals surface area (Å²) in [5.41, 5.74) is 1.01. The maximum Gasteiger partial charge on any atom is 0.271 e. The molecule has 0 unspecified atom stereocenters. The number of thiophene rings is 1. The number of halogens is 1. The van der Waals surface area contributed by atoms with Crippen LogP contribution >= 0.6 is 27.3 Å². The molecular weight excluding hydrogens is 472 g/mol. The molecule has 2 fully saturated rings. The maximum absolute atomic E-state index is 13.0. The van der Waals surface area contributed by atoms with E-state index in [0.717, 1.165) is 41.0 Å². The van der Waals surface area contributed by atoms with Gasteiger partial charge in [0.05, 0.1) is 9.20 Å². The summed E-state index contributed by atoms with van der Waals surface area (Å²) in [6.45, 7) is 2.27. The number of hydrogen-bond acceptors (Lipinski definition) is 4. The Morgan fingerprint density at radius 3 is 2.28 bits per heavy atom. The summed E-state index contributed by atoms with van der Waals surface area (Å²) >= 11 is 4.45. The minimum Gasteiger partial charge on any atom is -0.353 e. The van der Waals surface area contributed by atoms with Crippen molar-refractivity contribution in [3.05, 3.63) is 45.7 Å². The minimum absolute atomic E-state index is 0.119. The van der Waals surface area contributed by atoms with Gasteiger partial charge in [-0.25, -0.2) is 8.42 Å². The van der Waals surface area contributed by atoms with Gasteiger partial charge < -0.3 is 5.32 Å². The van der Waals surface area contributed by atoms with Gasteiger partial charge in [-0.3, -0.25) is 9.52 Å². The highest BCUT2D eigenvalue weighted by Crippen LogP contribution is 2.49. The summed E-state index contributed by atoms with van der Waals surface area (Å²) in [5.74, 6) is 0.874. The molecule has 156 valence electrons. The average Bonchev–Trinajstić information content (AvgIpc) is 3.38. The normalized spacial score (nSPS) is 23.4. The fourth-order valence-corrected chi connectivity index (χ4v) is 7.07. The van der Waals surface area contributed by atoms with Gasteiger partial charge in [-0.2, -0.15) is 0 Å². The van der Waals surface area contributed by atoms with Gasteiger partial charge in [0.15, 0.2) is 0 Å². The van der Waals surface area contributed by atoms with E-state index in [9.17, 15) is 13.2 Å². The van der Waals surface area contributed by atoms with Crippen molar-refractivity contribution < 1.29 is 13.2 Å². The third-order valence-corrected chi connectivity index (χ3v) is 9.54. The van der Waals surface area contributed by atoms with Crippen molar-refractivity contribution in [3.8, 4) is 0 Å². The van der Waals surface area contributed by atoms with E-state index in [2.05, 4.69) is 32.9 Å². The molecular formula is C21H25BrN2O3S2. The summed E-state index contributed by atoms with van der Waals surface area (Å²) in [5, 5.41) is 3.26. The molecule has 0 saturated heterocycles. The van der Waals surface area contributed by atoms with E-state index < -0.39 is 15.4 Å². The fraction of sp³-hybridized carbons (Fsp3) is 0.476. The van der Waals surface area contributed by atoms with Crippen LogP contribution in [-0.2, 0) is 20.2 Å². The number of hydrogen-bond donors (Lipinski definition) is 2. The molecule has 1 aromatic carbocycles. The molecule has 4 rings (SSSR count). The van der Waals surface area contributed by atoms with Gasteiger partial charge >= 0.3 is 0 Å². The first kappa shape index (κ1) is 20.9. The summed E-state index contributed by atoms with van der Waals surface area (Å²) in [6.07, 6.45) is 6.15. The van der Waals surface area contributed by atoms with Gasteiger partial charge in [0.1, 0.15) is 4.21 Å². The largest absolute Gasteiger partial charge is 0.353 e. The number of amides is 1. The SMILES string of the molecule is CC1CCC(NC(=O)C2(c3ccc(NS(=O)(=O)c4ccc(Br)s4)cc3)CC2)CC1. The van der Waals surface area contributed by atoms with Crippen LogP contribution in [0.3, 0.4) is 0 Å². The number of carbonyl (C=O) groups excluding carboxylic acids is 1. The molecule has 5 nitrogen and oxygen atoms in total. The Labute approximate surface area is 184 Å². The topological polar surface area (TPSA) is 75.3 Å². The van der Waals surface area contributed by atoms with E-state index in [1.54, 1.807) is 24.3 Å². The van der Waals surface area contributed by atoms with Crippen LogP contribution in [0.1, 0.15) is 51.0 Å². The Bertz CT molecular complexity index is 989. The number of carbonyl (C=O) groups is 1. The van der Waals surface area contributed by atoms with Crippen molar-refractivity contribution in [1.29, 1.82) is 0 Å². The molecule has 2 N–H and O–H groups in total. The van der Waals surface area contributed by atoms with Crippen LogP contribution in [0.5, 0.6) is 0 Å². The van der Waals surface area contributed by atoms with Crippen LogP contribution in [-0.4, -0.2) is 20.4 Å². The quantitative estimate of drug-likeness (QED) is 0.588. The molecule has 0 spiro atoms. The van der Waals surface area contributed by atoms with Crippen molar-refractivity contribution in [3.63, 3.8) is 0 Å². The molecule has 1 aromatic heterocycles.